The molecule has 1 amide bonds. The summed E-state index contributed by atoms with van der Waals surface area (Å²) in [4.78, 5) is 28.0. The van der Waals surface area contributed by atoms with Gasteiger partial charge in [0.05, 0.1) is 21.7 Å². The zero-order valence-electron chi connectivity index (χ0n) is 15.2. The standard InChI is InChI=1S/C18H18N4O4S2/c1-11(23)12-4-3-5-13(8-12)20-17(24)10-27-18-21-15-9-14(28(19,25)26)6-7-16(15)22(18)2/h3-9H,10H2,1-2H3,(H,20,24)(H2,19,25,26). The Labute approximate surface area is 166 Å². The van der Waals surface area contributed by atoms with Gasteiger partial charge in [-0.2, -0.15) is 0 Å². The highest BCUT2D eigenvalue weighted by Gasteiger charge is 2.14. The Bertz CT molecular complexity index is 1190. The van der Waals surface area contributed by atoms with Gasteiger partial charge in [0.25, 0.3) is 0 Å². The van der Waals surface area contributed by atoms with Crippen LogP contribution in [-0.2, 0) is 21.9 Å². The highest BCUT2D eigenvalue weighted by atomic mass is 32.2. The number of rotatable bonds is 6. The number of imidazole rings is 1. The number of nitrogens with zero attached hydrogens (tertiary/aromatic N) is 2. The van der Waals surface area contributed by atoms with Gasteiger partial charge in [-0.15, -0.1) is 0 Å². The van der Waals surface area contributed by atoms with E-state index in [2.05, 4.69) is 10.3 Å². The van der Waals surface area contributed by atoms with Crippen molar-refractivity contribution in [3.8, 4) is 0 Å². The van der Waals surface area contributed by atoms with Gasteiger partial charge in [0, 0.05) is 18.3 Å². The molecule has 0 aliphatic carbocycles. The molecular formula is C18H18N4O4S2. The molecule has 0 radical (unpaired) electrons. The van der Waals surface area contributed by atoms with Crippen LogP contribution in [0.1, 0.15) is 17.3 Å². The number of anilines is 1. The number of aromatic nitrogens is 2. The van der Waals surface area contributed by atoms with Crippen molar-refractivity contribution in [1.29, 1.82) is 0 Å². The zero-order valence-corrected chi connectivity index (χ0v) is 16.8. The fourth-order valence-electron chi connectivity index (χ4n) is 2.61. The maximum Gasteiger partial charge on any atom is 0.238 e. The molecule has 10 heteroatoms. The second-order valence-electron chi connectivity index (χ2n) is 6.12. The summed E-state index contributed by atoms with van der Waals surface area (Å²) in [5, 5.41) is 8.46. The quantitative estimate of drug-likeness (QED) is 0.467. The molecule has 3 aromatic rings. The van der Waals surface area contributed by atoms with Crippen LogP contribution >= 0.6 is 11.8 Å². The molecule has 3 rings (SSSR count). The van der Waals surface area contributed by atoms with Crippen molar-refractivity contribution in [2.24, 2.45) is 12.2 Å². The Kier molecular flexibility index (Phi) is 5.54. The maximum absolute atomic E-state index is 12.2. The summed E-state index contributed by atoms with van der Waals surface area (Å²) < 4.78 is 24.7. The van der Waals surface area contributed by atoms with Gasteiger partial charge in [-0.05, 0) is 37.3 Å². The molecule has 0 aliphatic heterocycles. The zero-order chi connectivity index (χ0) is 20.5. The van der Waals surface area contributed by atoms with E-state index in [1.54, 1.807) is 41.9 Å². The van der Waals surface area contributed by atoms with Crippen molar-refractivity contribution >= 4 is 50.2 Å². The molecule has 8 nitrogen and oxygen atoms in total. The third-order valence-corrected chi connectivity index (χ3v) is 5.97. The minimum Gasteiger partial charge on any atom is -0.325 e. The van der Waals surface area contributed by atoms with Gasteiger partial charge < -0.3 is 9.88 Å². The molecule has 28 heavy (non-hydrogen) atoms. The van der Waals surface area contributed by atoms with Crippen molar-refractivity contribution < 1.29 is 18.0 Å². The van der Waals surface area contributed by atoms with E-state index in [0.717, 1.165) is 5.52 Å². The van der Waals surface area contributed by atoms with Gasteiger partial charge in [0.1, 0.15) is 0 Å². The molecule has 146 valence electrons. The Hall–Kier alpha value is -2.69. The summed E-state index contributed by atoms with van der Waals surface area (Å²) in [5.74, 6) is -0.226. The molecule has 0 unspecified atom stereocenters. The first kappa shape index (κ1) is 20.1. The van der Waals surface area contributed by atoms with Crippen LogP contribution in [-0.4, -0.2) is 35.4 Å². The van der Waals surface area contributed by atoms with E-state index >= 15 is 0 Å². The number of nitrogens with one attached hydrogen (secondary N) is 1. The Morgan fingerprint density at radius 3 is 2.64 bits per heavy atom. The summed E-state index contributed by atoms with van der Waals surface area (Å²) >= 11 is 1.22. The molecule has 0 saturated heterocycles. The molecule has 0 bridgehead atoms. The lowest BCUT2D eigenvalue weighted by Gasteiger charge is -2.06. The average Bonchev–Trinajstić information content (AvgIpc) is 2.95. The molecule has 1 heterocycles. The van der Waals surface area contributed by atoms with E-state index < -0.39 is 10.0 Å². The lowest BCUT2D eigenvalue weighted by Crippen LogP contribution is -2.14. The molecule has 0 aliphatic rings. The van der Waals surface area contributed by atoms with Crippen molar-refractivity contribution in [2.75, 3.05) is 11.1 Å². The van der Waals surface area contributed by atoms with E-state index in [9.17, 15) is 18.0 Å². The van der Waals surface area contributed by atoms with E-state index in [4.69, 9.17) is 5.14 Å². The number of primary sulfonamides is 1. The number of hydrogen-bond acceptors (Lipinski definition) is 6. The summed E-state index contributed by atoms with van der Waals surface area (Å²) in [6.45, 7) is 1.46. The number of benzene rings is 2. The second-order valence-corrected chi connectivity index (χ2v) is 8.63. The first-order chi connectivity index (χ1) is 13.1. The Morgan fingerprint density at radius 2 is 1.96 bits per heavy atom. The van der Waals surface area contributed by atoms with Crippen molar-refractivity contribution in [1.82, 2.24) is 9.55 Å². The van der Waals surface area contributed by atoms with Crippen LogP contribution in [0, 0.1) is 0 Å². The number of nitrogens with two attached hydrogens (primary N) is 1. The predicted molar refractivity (Wildman–Crippen MR) is 108 cm³/mol. The van der Waals surface area contributed by atoms with E-state index in [-0.39, 0.29) is 22.3 Å². The van der Waals surface area contributed by atoms with Crippen LogP contribution in [0.25, 0.3) is 11.0 Å². The largest absolute Gasteiger partial charge is 0.325 e. The number of sulfonamides is 1. The SMILES string of the molecule is CC(=O)c1cccc(NC(=O)CSc2nc3cc(S(N)(=O)=O)ccc3n2C)c1. The van der Waals surface area contributed by atoms with Crippen LogP contribution in [0.4, 0.5) is 5.69 Å². The van der Waals surface area contributed by atoms with Crippen LogP contribution in [0.15, 0.2) is 52.5 Å². The van der Waals surface area contributed by atoms with Crippen molar-refractivity contribution in [3.05, 3.63) is 48.0 Å². The molecule has 2 aromatic carbocycles. The highest BCUT2D eigenvalue weighted by Crippen LogP contribution is 2.25. The van der Waals surface area contributed by atoms with Crippen LogP contribution in [0.2, 0.25) is 0 Å². The highest BCUT2D eigenvalue weighted by molar-refractivity contribution is 7.99. The second kappa shape index (κ2) is 7.74. The van der Waals surface area contributed by atoms with Crippen LogP contribution < -0.4 is 10.5 Å². The van der Waals surface area contributed by atoms with E-state index in [1.807, 2.05) is 0 Å². The number of Topliss-reactive ketones (excluding diaryl/α,β-unsaturated/α-hetero) is 1. The van der Waals surface area contributed by atoms with Crippen LogP contribution in [0.3, 0.4) is 0 Å². The topological polar surface area (TPSA) is 124 Å². The minimum atomic E-state index is -3.81. The number of carbonyl (C=O) groups excluding carboxylic acids is 2. The van der Waals surface area contributed by atoms with Gasteiger partial charge in [0.2, 0.25) is 15.9 Å². The Balaban J connectivity index is 1.72. The normalized spacial score (nSPS) is 11.5. The number of fused-ring (bicyclic) bond motifs is 1. The molecular weight excluding hydrogens is 400 g/mol. The maximum atomic E-state index is 12.2. The van der Waals surface area contributed by atoms with Gasteiger partial charge in [-0.25, -0.2) is 18.5 Å². The smallest absolute Gasteiger partial charge is 0.238 e. The molecule has 0 fully saturated rings. The third-order valence-electron chi connectivity index (χ3n) is 4.03. The monoisotopic (exact) mass is 418 g/mol. The summed E-state index contributed by atoms with van der Waals surface area (Å²) in [7, 11) is -2.03. The number of carbonyl (C=O) groups is 2. The van der Waals surface area contributed by atoms with E-state index in [1.165, 1.54) is 30.8 Å². The van der Waals surface area contributed by atoms with Gasteiger partial charge in [0.15, 0.2) is 10.9 Å². The molecule has 0 spiro atoms. The summed E-state index contributed by atoms with van der Waals surface area (Å²) in [6, 6.07) is 11.2. The summed E-state index contributed by atoms with van der Waals surface area (Å²) in [5.41, 5.74) is 2.27. The molecule has 1 aromatic heterocycles. The van der Waals surface area contributed by atoms with Crippen LogP contribution in [0.5, 0.6) is 0 Å². The third kappa shape index (κ3) is 4.41. The minimum absolute atomic E-state index is 0.0160. The lowest BCUT2D eigenvalue weighted by atomic mass is 10.1. The van der Waals surface area contributed by atoms with Gasteiger partial charge >= 0.3 is 0 Å². The molecule has 0 saturated carbocycles. The molecule has 3 N–H and O–H groups in total. The first-order valence-corrected chi connectivity index (χ1v) is 10.7. The Morgan fingerprint density at radius 1 is 1.21 bits per heavy atom. The average molecular weight is 419 g/mol. The fraction of sp³-hybridized carbons (Fsp3) is 0.167. The first-order valence-electron chi connectivity index (χ1n) is 8.18. The summed E-state index contributed by atoms with van der Waals surface area (Å²) in [6.07, 6.45) is 0. The number of thioether (sulfide) groups is 1. The number of hydrogen-bond donors (Lipinski definition) is 2. The predicted octanol–water partition coefficient (Wildman–Crippen LogP) is 2.15. The number of aryl methyl sites for hydroxylation is 1. The van der Waals surface area contributed by atoms with Gasteiger partial charge in [-0.1, -0.05) is 23.9 Å². The van der Waals surface area contributed by atoms with Gasteiger partial charge in [-0.3, -0.25) is 9.59 Å². The number of ketones is 1. The van der Waals surface area contributed by atoms with E-state index in [0.29, 0.717) is 21.9 Å². The van der Waals surface area contributed by atoms with Crippen molar-refractivity contribution in [3.63, 3.8) is 0 Å². The lowest BCUT2D eigenvalue weighted by molar-refractivity contribution is -0.113. The number of amides is 1. The fourth-order valence-corrected chi connectivity index (χ4v) is 3.93. The molecule has 0 atom stereocenters. The van der Waals surface area contributed by atoms with Crippen molar-refractivity contribution in [2.45, 2.75) is 17.0 Å².